The van der Waals surface area contributed by atoms with E-state index in [1.165, 1.54) is 60.5 Å². The van der Waals surface area contributed by atoms with Crippen molar-refractivity contribution in [3.63, 3.8) is 0 Å². The third kappa shape index (κ3) is 5.48. The lowest BCUT2D eigenvalue weighted by Crippen LogP contribution is -2.56. The van der Waals surface area contributed by atoms with Gasteiger partial charge in [-0.3, -0.25) is 4.79 Å². The van der Waals surface area contributed by atoms with Crippen molar-refractivity contribution in [2.24, 2.45) is 5.41 Å². The molecule has 3 aromatic rings. The molecular formula is C35H41N7O2. The van der Waals surface area contributed by atoms with Crippen molar-refractivity contribution >= 4 is 28.2 Å². The highest BCUT2D eigenvalue weighted by atomic mass is 16.5. The number of likely N-dealkylation sites (tertiary alicyclic amines) is 1. The Balaban J connectivity index is 1.20. The number of piperazine rings is 1. The van der Waals surface area contributed by atoms with E-state index in [4.69, 9.17) is 21.3 Å². The van der Waals surface area contributed by atoms with Gasteiger partial charge in [-0.2, -0.15) is 9.97 Å². The van der Waals surface area contributed by atoms with Crippen LogP contribution in [-0.2, 0) is 17.8 Å². The van der Waals surface area contributed by atoms with E-state index in [0.29, 0.717) is 38.8 Å². The summed E-state index contributed by atoms with van der Waals surface area (Å²) in [6, 6.07) is 13.2. The predicted molar refractivity (Wildman–Crippen MR) is 173 cm³/mol. The van der Waals surface area contributed by atoms with Gasteiger partial charge in [-0.15, -0.1) is 0 Å². The number of benzene rings is 2. The van der Waals surface area contributed by atoms with Crippen molar-refractivity contribution < 1.29 is 9.53 Å². The predicted octanol–water partition coefficient (Wildman–Crippen LogP) is 4.49. The maximum atomic E-state index is 12.6. The molecule has 1 saturated carbocycles. The number of fused-ring (bicyclic) bond motifs is 2. The molecule has 0 N–H and O–H groups in total. The second-order valence-electron chi connectivity index (χ2n) is 13.0. The van der Waals surface area contributed by atoms with Gasteiger partial charge in [0.1, 0.15) is 11.9 Å². The fourth-order valence-electron chi connectivity index (χ4n) is 7.16. The highest BCUT2D eigenvalue weighted by Gasteiger charge is 2.46. The lowest BCUT2D eigenvalue weighted by molar-refractivity contribution is -0.128. The Morgan fingerprint density at radius 3 is 2.66 bits per heavy atom. The van der Waals surface area contributed by atoms with E-state index in [1.54, 1.807) is 4.90 Å². The smallest absolute Gasteiger partial charge is 0.318 e. The molecular weight excluding hydrogens is 550 g/mol. The van der Waals surface area contributed by atoms with Crippen molar-refractivity contribution in [1.82, 2.24) is 19.8 Å². The zero-order chi connectivity index (χ0) is 30.3. The van der Waals surface area contributed by atoms with E-state index in [9.17, 15) is 4.79 Å². The molecule has 2 saturated heterocycles. The molecule has 9 heteroatoms. The summed E-state index contributed by atoms with van der Waals surface area (Å²) in [4.78, 5) is 35.4. The van der Waals surface area contributed by atoms with Gasteiger partial charge in [0.25, 0.3) is 0 Å². The van der Waals surface area contributed by atoms with Crippen molar-refractivity contribution in [2.45, 2.75) is 45.2 Å². The summed E-state index contributed by atoms with van der Waals surface area (Å²) < 4.78 is 6.46. The Bertz CT molecular complexity index is 1620. The standard InChI is InChI=1S/C35H41N7O2/c1-4-31(43)42-19-18-41(21-27(42)20-36-3)33-28-12-17-40(30-11-6-10-26-9-5-8-25(2)32(26)30)22-29(28)37-34(38-33)44-24-35(13-14-35)23-39-15-7-16-39/h4-6,8-11,27H,1,7,12-24H2,2H3. The fraction of sp³-hybridized carbons (Fsp3) is 0.486. The van der Waals surface area contributed by atoms with E-state index in [2.05, 4.69) is 69.4 Å². The van der Waals surface area contributed by atoms with E-state index in [1.807, 2.05) is 0 Å². The van der Waals surface area contributed by atoms with Crippen molar-refractivity contribution in [1.29, 1.82) is 0 Å². The molecule has 4 aliphatic rings. The Labute approximate surface area is 259 Å². The van der Waals surface area contributed by atoms with Gasteiger partial charge in [0.2, 0.25) is 12.5 Å². The molecule has 1 amide bonds. The van der Waals surface area contributed by atoms with Gasteiger partial charge in [-0.1, -0.05) is 36.9 Å². The number of carbonyl (C=O) groups is 1. The van der Waals surface area contributed by atoms with Crippen LogP contribution in [0.4, 0.5) is 11.5 Å². The molecule has 7 rings (SSSR count). The summed E-state index contributed by atoms with van der Waals surface area (Å²) in [6.07, 6.45) is 5.83. The van der Waals surface area contributed by atoms with Crippen molar-refractivity contribution in [3.05, 3.63) is 77.3 Å². The average molecular weight is 592 g/mol. The zero-order valence-corrected chi connectivity index (χ0v) is 25.7. The van der Waals surface area contributed by atoms with E-state index < -0.39 is 0 Å². The van der Waals surface area contributed by atoms with Crippen LogP contribution in [0.15, 0.2) is 49.1 Å². The van der Waals surface area contributed by atoms with Gasteiger partial charge in [-0.25, -0.2) is 6.57 Å². The van der Waals surface area contributed by atoms with Gasteiger partial charge in [0.05, 0.1) is 18.8 Å². The molecule has 2 aromatic carbocycles. The minimum atomic E-state index is -0.216. The quantitative estimate of drug-likeness (QED) is 0.268. The molecule has 0 bridgehead atoms. The molecule has 1 unspecified atom stereocenters. The number of amides is 1. The number of hydrogen-bond acceptors (Lipinski definition) is 7. The third-order valence-electron chi connectivity index (χ3n) is 9.97. The van der Waals surface area contributed by atoms with Crippen LogP contribution in [0.25, 0.3) is 15.6 Å². The van der Waals surface area contributed by atoms with Crippen LogP contribution in [0, 0.1) is 18.9 Å². The monoisotopic (exact) mass is 591 g/mol. The van der Waals surface area contributed by atoms with Crippen LogP contribution >= 0.6 is 0 Å². The van der Waals surface area contributed by atoms with Gasteiger partial charge in [-0.05, 0) is 68.8 Å². The molecule has 9 nitrogen and oxygen atoms in total. The van der Waals surface area contributed by atoms with Gasteiger partial charge in [0, 0.05) is 54.8 Å². The molecule has 4 heterocycles. The summed E-state index contributed by atoms with van der Waals surface area (Å²) in [7, 11) is 0. The molecule has 3 aliphatic heterocycles. The molecule has 0 spiro atoms. The van der Waals surface area contributed by atoms with Crippen LogP contribution in [0.2, 0.25) is 0 Å². The average Bonchev–Trinajstić information content (AvgIpc) is 3.80. The van der Waals surface area contributed by atoms with E-state index in [0.717, 1.165) is 36.6 Å². The fourth-order valence-corrected chi connectivity index (χ4v) is 7.16. The minimum Gasteiger partial charge on any atom is -0.463 e. The summed E-state index contributed by atoms with van der Waals surface area (Å²) in [6.45, 7) is 21.0. The van der Waals surface area contributed by atoms with Crippen LogP contribution in [0.5, 0.6) is 6.01 Å². The Morgan fingerprint density at radius 2 is 1.93 bits per heavy atom. The summed E-state index contributed by atoms with van der Waals surface area (Å²) in [5.41, 5.74) is 4.86. The van der Waals surface area contributed by atoms with Gasteiger partial charge < -0.3 is 29.2 Å². The number of hydrogen-bond donors (Lipinski definition) is 0. The summed E-state index contributed by atoms with van der Waals surface area (Å²) in [5, 5.41) is 2.53. The third-order valence-corrected chi connectivity index (χ3v) is 9.97. The second-order valence-corrected chi connectivity index (χ2v) is 13.0. The number of rotatable bonds is 9. The normalized spacial score (nSPS) is 20.9. The van der Waals surface area contributed by atoms with E-state index in [-0.39, 0.29) is 23.9 Å². The highest BCUT2D eigenvalue weighted by molar-refractivity contribution is 5.97. The SMILES string of the molecule is [C-]#[N+]CC1CN(c2nc(OCC3(CN4CCC4)CC3)nc3c2CCN(c2cccc4cccc(C)c24)C3)CCN1C(=O)C=C. The van der Waals surface area contributed by atoms with Gasteiger partial charge in [0.15, 0.2) is 0 Å². The number of carbonyl (C=O) groups excluding carboxylic acids is 1. The van der Waals surface area contributed by atoms with Crippen LogP contribution < -0.4 is 14.5 Å². The Morgan fingerprint density at radius 1 is 1.11 bits per heavy atom. The molecule has 0 radical (unpaired) electrons. The maximum Gasteiger partial charge on any atom is 0.318 e. The Hall–Kier alpha value is -4.16. The van der Waals surface area contributed by atoms with Crippen molar-refractivity contribution in [3.8, 4) is 6.01 Å². The number of anilines is 2. The first-order chi connectivity index (χ1) is 21.5. The molecule has 228 valence electrons. The topological polar surface area (TPSA) is 69.4 Å². The molecule has 1 atom stereocenters. The first-order valence-electron chi connectivity index (χ1n) is 16.0. The number of aryl methyl sites for hydroxylation is 1. The zero-order valence-electron chi connectivity index (χ0n) is 25.7. The molecule has 44 heavy (non-hydrogen) atoms. The van der Waals surface area contributed by atoms with Crippen molar-refractivity contribution in [2.75, 3.05) is 68.8 Å². The van der Waals surface area contributed by atoms with Crippen LogP contribution in [0.1, 0.15) is 36.1 Å². The van der Waals surface area contributed by atoms with E-state index >= 15 is 0 Å². The van der Waals surface area contributed by atoms with Gasteiger partial charge >= 0.3 is 6.01 Å². The first kappa shape index (κ1) is 28.6. The maximum absolute atomic E-state index is 12.6. The highest BCUT2D eigenvalue weighted by Crippen LogP contribution is 2.47. The number of aromatic nitrogens is 2. The lowest BCUT2D eigenvalue weighted by atomic mass is 9.99. The second kappa shape index (κ2) is 11.7. The molecule has 1 aromatic heterocycles. The van der Waals surface area contributed by atoms with Crippen LogP contribution in [-0.4, -0.2) is 90.7 Å². The minimum absolute atomic E-state index is 0.120. The first-order valence-corrected chi connectivity index (χ1v) is 16.0. The Kier molecular flexibility index (Phi) is 7.63. The molecule has 3 fully saturated rings. The largest absolute Gasteiger partial charge is 0.463 e. The number of ether oxygens (including phenoxy) is 1. The summed E-state index contributed by atoms with van der Waals surface area (Å²) >= 11 is 0. The van der Waals surface area contributed by atoms with Crippen LogP contribution in [0.3, 0.4) is 0 Å². The summed E-state index contributed by atoms with van der Waals surface area (Å²) in [5.74, 6) is 0.775. The number of nitrogens with zero attached hydrogens (tertiary/aromatic N) is 7. The lowest BCUT2D eigenvalue weighted by Gasteiger charge is -2.41. The molecule has 1 aliphatic carbocycles.